The Morgan fingerprint density at radius 3 is 2.78 bits per heavy atom. The fourth-order valence-corrected chi connectivity index (χ4v) is 2.38. The van der Waals surface area contributed by atoms with Gasteiger partial charge in [-0.05, 0) is 12.5 Å². The zero-order valence-corrected chi connectivity index (χ0v) is 10.5. The van der Waals surface area contributed by atoms with Crippen LogP contribution in [0, 0.1) is 6.92 Å². The molecular weight excluding hydrogens is 226 g/mol. The fourth-order valence-electron chi connectivity index (χ4n) is 2.38. The van der Waals surface area contributed by atoms with Crippen molar-refractivity contribution in [1.29, 1.82) is 0 Å². The minimum atomic E-state index is 0.790. The Labute approximate surface area is 107 Å². The first-order valence-electron chi connectivity index (χ1n) is 6.28. The molecule has 1 aliphatic rings. The molecule has 1 aliphatic heterocycles. The van der Waals surface area contributed by atoms with Gasteiger partial charge in [-0.15, -0.1) is 0 Å². The van der Waals surface area contributed by atoms with Gasteiger partial charge in [0.05, 0.1) is 30.8 Å². The molecule has 1 fully saturated rings. The van der Waals surface area contributed by atoms with E-state index in [0.29, 0.717) is 0 Å². The molecule has 0 amide bonds. The number of hydrogen-bond donors (Lipinski definition) is 1. The second-order valence-electron chi connectivity index (χ2n) is 4.54. The Kier molecular flexibility index (Phi) is 3.02. The van der Waals surface area contributed by atoms with Crippen LogP contribution in [0.1, 0.15) is 5.56 Å². The van der Waals surface area contributed by atoms with Crippen molar-refractivity contribution in [1.82, 2.24) is 10.2 Å². The van der Waals surface area contributed by atoms with Crippen molar-refractivity contribution in [3.05, 3.63) is 36.0 Å². The summed E-state index contributed by atoms with van der Waals surface area (Å²) in [5.41, 5.74) is 4.76. The number of nitrogens with one attached hydrogen (secondary N) is 1. The predicted molar refractivity (Wildman–Crippen MR) is 71.8 cm³/mol. The number of anilines is 1. The molecule has 0 bridgehead atoms. The Morgan fingerprint density at radius 1 is 1.22 bits per heavy atom. The summed E-state index contributed by atoms with van der Waals surface area (Å²) >= 11 is 0. The summed E-state index contributed by atoms with van der Waals surface area (Å²) < 4.78 is 5.39. The summed E-state index contributed by atoms with van der Waals surface area (Å²) in [6.07, 6.45) is 1.91. The van der Waals surface area contributed by atoms with Crippen LogP contribution >= 0.6 is 0 Å². The number of aryl methyl sites for hydroxylation is 1. The quantitative estimate of drug-likeness (QED) is 0.879. The molecule has 0 spiro atoms. The molecule has 0 aliphatic carbocycles. The van der Waals surface area contributed by atoms with Crippen LogP contribution in [0.15, 0.2) is 30.5 Å². The van der Waals surface area contributed by atoms with Crippen molar-refractivity contribution in [2.45, 2.75) is 6.92 Å². The minimum Gasteiger partial charge on any atom is -0.378 e. The smallest absolute Gasteiger partial charge is 0.0886 e. The Bertz CT molecular complexity index is 529. The van der Waals surface area contributed by atoms with Crippen molar-refractivity contribution < 1.29 is 4.74 Å². The minimum absolute atomic E-state index is 0.790. The van der Waals surface area contributed by atoms with Gasteiger partial charge in [0.25, 0.3) is 0 Å². The average molecular weight is 243 g/mol. The second-order valence-corrected chi connectivity index (χ2v) is 4.54. The predicted octanol–water partition coefficient (Wildman–Crippen LogP) is 2.22. The number of rotatable bonds is 2. The number of morpholine rings is 1. The maximum absolute atomic E-state index is 5.39. The van der Waals surface area contributed by atoms with Crippen LogP contribution in [0.5, 0.6) is 0 Å². The summed E-state index contributed by atoms with van der Waals surface area (Å²) in [6.45, 7) is 5.56. The van der Waals surface area contributed by atoms with E-state index in [1.807, 2.05) is 6.20 Å². The van der Waals surface area contributed by atoms with E-state index in [0.717, 1.165) is 32.0 Å². The van der Waals surface area contributed by atoms with Crippen LogP contribution in [-0.4, -0.2) is 36.5 Å². The van der Waals surface area contributed by atoms with E-state index in [1.165, 1.54) is 16.8 Å². The van der Waals surface area contributed by atoms with E-state index >= 15 is 0 Å². The van der Waals surface area contributed by atoms with Gasteiger partial charge < -0.3 is 9.64 Å². The fraction of sp³-hybridized carbons (Fsp3) is 0.357. The van der Waals surface area contributed by atoms with E-state index < -0.39 is 0 Å². The number of aromatic amines is 1. The Balaban J connectivity index is 1.98. The molecule has 0 unspecified atom stereocenters. The van der Waals surface area contributed by atoms with Crippen LogP contribution < -0.4 is 4.90 Å². The standard InChI is InChI=1S/C14H17N3O/c1-11-4-2-3-5-12(11)14-13(10-15-16-14)17-6-8-18-9-7-17/h2-5,10H,6-9H2,1H3,(H,15,16). The summed E-state index contributed by atoms with van der Waals surface area (Å²) in [5.74, 6) is 0. The lowest BCUT2D eigenvalue weighted by Gasteiger charge is -2.28. The normalized spacial score (nSPS) is 15.9. The molecular formula is C14H17N3O. The summed E-state index contributed by atoms with van der Waals surface area (Å²) in [4.78, 5) is 2.33. The molecule has 94 valence electrons. The van der Waals surface area contributed by atoms with E-state index in [2.05, 4.69) is 46.3 Å². The van der Waals surface area contributed by atoms with Gasteiger partial charge in [0.1, 0.15) is 0 Å². The molecule has 1 aromatic carbocycles. The molecule has 0 radical (unpaired) electrons. The molecule has 1 N–H and O–H groups in total. The molecule has 4 nitrogen and oxygen atoms in total. The van der Waals surface area contributed by atoms with Gasteiger partial charge in [0.15, 0.2) is 0 Å². The third-order valence-corrected chi connectivity index (χ3v) is 3.39. The van der Waals surface area contributed by atoms with Gasteiger partial charge in [-0.1, -0.05) is 24.3 Å². The third kappa shape index (κ3) is 1.99. The van der Waals surface area contributed by atoms with Gasteiger partial charge >= 0.3 is 0 Å². The lowest BCUT2D eigenvalue weighted by molar-refractivity contribution is 0.123. The Morgan fingerprint density at radius 2 is 2.00 bits per heavy atom. The van der Waals surface area contributed by atoms with E-state index in [-0.39, 0.29) is 0 Å². The molecule has 0 saturated carbocycles. The van der Waals surface area contributed by atoms with Gasteiger partial charge in [-0.3, -0.25) is 5.10 Å². The van der Waals surface area contributed by atoms with Crippen LogP contribution in [0.25, 0.3) is 11.3 Å². The van der Waals surface area contributed by atoms with Crippen molar-refractivity contribution in [2.24, 2.45) is 0 Å². The van der Waals surface area contributed by atoms with Gasteiger partial charge in [-0.2, -0.15) is 5.10 Å². The van der Waals surface area contributed by atoms with Crippen molar-refractivity contribution >= 4 is 5.69 Å². The molecule has 18 heavy (non-hydrogen) atoms. The molecule has 2 heterocycles. The molecule has 0 atom stereocenters. The number of hydrogen-bond acceptors (Lipinski definition) is 3. The monoisotopic (exact) mass is 243 g/mol. The average Bonchev–Trinajstić information content (AvgIpc) is 2.89. The molecule has 3 rings (SSSR count). The highest BCUT2D eigenvalue weighted by molar-refractivity contribution is 5.76. The Hall–Kier alpha value is -1.81. The highest BCUT2D eigenvalue weighted by Gasteiger charge is 2.18. The van der Waals surface area contributed by atoms with Crippen LogP contribution in [0.4, 0.5) is 5.69 Å². The van der Waals surface area contributed by atoms with Gasteiger partial charge in [-0.25, -0.2) is 0 Å². The third-order valence-electron chi connectivity index (χ3n) is 3.39. The molecule has 4 heteroatoms. The lowest BCUT2D eigenvalue weighted by atomic mass is 10.0. The summed E-state index contributed by atoms with van der Waals surface area (Å²) in [6, 6.07) is 8.38. The first-order chi connectivity index (χ1) is 8.86. The van der Waals surface area contributed by atoms with Crippen LogP contribution in [0.3, 0.4) is 0 Å². The van der Waals surface area contributed by atoms with Gasteiger partial charge in [0.2, 0.25) is 0 Å². The second kappa shape index (κ2) is 4.82. The number of aromatic nitrogens is 2. The zero-order valence-electron chi connectivity index (χ0n) is 10.5. The first-order valence-corrected chi connectivity index (χ1v) is 6.28. The van der Waals surface area contributed by atoms with Crippen molar-refractivity contribution in [3.8, 4) is 11.3 Å². The van der Waals surface area contributed by atoms with Crippen molar-refractivity contribution in [2.75, 3.05) is 31.2 Å². The van der Waals surface area contributed by atoms with Crippen LogP contribution in [-0.2, 0) is 4.74 Å². The number of ether oxygens (including phenoxy) is 1. The molecule has 2 aromatic rings. The number of nitrogens with zero attached hydrogens (tertiary/aromatic N) is 2. The van der Waals surface area contributed by atoms with E-state index in [9.17, 15) is 0 Å². The summed E-state index contributed by atoms with van der Waals surface area (Å²) in [5, 5.41) is 7.34. The largest absolute Gasteiger partial charge is 0.378 e. The SMILES string of the molecule is Cc1ccccc1-c1[nH]ncc1N1CCOCC1. The zero-order chi connectivity index (χ0) is 12.4. The number of benzene rings is 1. The van der Waals surface area contributed by atoms with E-state index in [4.69, 9.17) is 4.74 Å². The highest BCUT2D eigenvalue weighted by Crippen LogP contribution is 2.30. The van der Waals surface area contributed by atoms with E-state index in [1.54, 1.807) is 0 Å². The maximum atomic E-state index is 5.39. The summed E-state index contributed by atoms with van der Waals surface area (Å²) in [7, 11) is 0. The van der Waals surface area contributed by atoms with Gasteiger partial charge in [0, 0.05) is 18.7 Å². The lowest BCUT2D eigenvalue weighted by Crippen LogP contribution is -2.36. The topological polar surface area (TPSA) is 41.2 Å². The van der Waals surface area contributed by atoms with Crippen LogP contribution in [0.2, 0.25) is 0 Å². The van der Waals surface area contributed by atoms with Crippen molar-refractivity contribution in [3.63, 3.8) is 0 Å². The number of H-pyrrole nitrogens is 1. The molecule has 1 saturated heterocycles. The first kappa shape index (κ1) is 11.3. The maximum Gasteiger partial charge on any atom is 0.0886 e. The molecule has 1 aromatic heterocycles. The highest BCUT2D eigenvalue weighted by atomic mass is 16.5.